The van der Waals surface area contributed by atoms with Crippen LogP contribution in [-0.2, 0) is 9.59 Å². The summed E-state index contributed by atoms with van der Waals surface area (Å²) in [6.07, 6.45) is 0. The highest BCUT2D eigenvalue weighted by atomic mass is 16.5. The first kappa shape index (κ1) is 13.9. The van der Waals surface area contributed by atoms with E-state index in [1.807, 2.05) is 0 Å². The molecule has 0 unspecified atom stereocenters. The molecule has 1 aliphatic heterocycles. The Hall–Kier alpha value is -2.57. The van der Waals surface area contributed by atoms with Crippen molar-refractivity contribution in [2.75, 3.05) is 27.3 Å². The van der Waals surface area contributed by atoms with Gasteiger partial charge in [0.05, 0.1) is 19.8 Å². The molecule has 2 rings (SSSR count). The third kappa shape index (κ3) is 2.71. The summed E-state index contributed by atoms with van der Waals surface area (Å²) in [7, 11) is 2.92. The number of carbonyl (C=O) groups is 3. The zero-order valence-corrected chi connectivity index (χ0v) is 11.1. The monoisotopic (exact) mass is 278 g/mol. The summed E-state index contributed by atoms with van der Waals surface area (Å²) >= 11 is 0. The van der Waals surface area contributed by atoms with Crippen LogP contribution in [0.5, 0.6) is 11.5 Å². The highest BCUT2D eigenvalue weighted by Gasteiger charge is 2.28. The van der Waals surface area contributed by atoms with Gasteiger partial charge in [0.25, 0.3) is 5.91 Å². The van der Waals surface area contributed by atoms with E-state index in [9.17, 15) is 14.4 Å². The number of ether oxygens (including phenoxy) is 2. The highest BCUT2D eigenvalue weighted by Crippen LogP contribution is 2.25. The summed E-state index contributed by atoms with van der Waals surface area (Å²) in [5.74, 6) is -0.618. The molecule has 1 fully saturated rings. The number of carbonyl (C=O) groups excluding carboxylic acids is 3. The van der Waals surface area contributed by atoms with Crippen LogP contribution in [0.25, 0.3) is 0 Å². The third-order valence-corrected chi connectivity index (χ3v) is 2.87. The predicted octanol–water partition coefficient (Wildman–Crippen LogP) is -0.198. The van der Waals surface area contributed by atoms with Gasteiger partial charge in [-0.25, -0.2) is 0 Å². The highest BCUT2D eigenvalue weighted by molar-refractivity contribution is 6.06. The van der Waals surface area contributed by atoms with E-state index in [-0.39, 0.29) is 18.7 Å². The van der Waals surface area contributed by atoms with Gasteiger partial charge in [-0.2, -0.15) is 0 Å². The maximum atomic E-state index is 12.4. The van der Waals surface area contributed by atoms with Crippen LogP contribution in [-0.4, -0.2) is 49.9 Å². The summed E-state index contributed by atoms with van der Waals surface area (Å²) in [4.78, 5) is 36.2. The Bertz CT molecular complexity index is 554. The fraction of sp³-hybridized carbons (Fsp3) is 0.308. The van der Waals surface area contributed by atoms with Crippen molar-refractivity contribution in [3.8, 4) is 11.5 Å². The molecule has 3 amide bonds. The molecule has 0 aromatic heterocycles. The van der Waals surface area contributed by atoms with Crippen molar-refractivity contribution >= 4 is 17.7 Å². The normalized spacial score (nSPS) is 14.8. The molecule has 0 bridgehead atoms. The lowest BCUT2D eigenvalue weighted by Crippen LogP contribution is -2.53. The quantitative estimate of drug-likeness (QED) is 0.774. The second kappa shape index (κ2) is 5.60. The van der Waals surface area contributed by atoms with Gasteiger partial charge >= 0.3 is 0 Å². The maximum Gasteiger partial charge on any atom is 0.258 e. The van der Waals surface area contributed by atoms with Crippen molar-refractivity contribution in [1.29, 1.82) is 0 Å². The lowest BCUT2D eigenvalue weighted by Gasteiger charge is -2.26. The molecule has 0 radical (unpaired) electrons. The molecule has 0 saturated carbocycles. The van der Waals surface area contributed by atoms with Gasteiger partial charge in [-0.1, -0.05) is 0 Å². The number of nitrogens with one attached hydrogen (secondary N) is 1. The lowest BCUT2D eigenvalue weighted by molar-refractivity contribution is -0.135. The average Bonchev–Trinajstić information content (AvgIpc) is 2.44. The van der Waals surface area contributed by atoms with Crippen LogP contribution in [0, 0.1) is 0 Å². The number of nitrogens with zero attached hydrogens (tertiary/aromatic N) is 1. The Kier molecular flexibility index (Phi) is 3.88. The van der Waals surface area contributed by atoms with Gasteiger partial charge in [0.15, 0.2) is 0 Å². The van der Waals surface area contributed by atoms with E-state index in [4.69, 9.17) is 9.47 Å². The maximum absolute atomic E-state index is 12.4. The average molecular weight is 278 g/mol. The second-order valence-corrected chi connectivity index (χ2v) is 4.20. The fourth-order valence-corrected chi connectivity index (χ4v) is 1.93. The topological polar surface area (TPSA) is 84.9 Å². The van der Waals surface area contributed by atoms with E-state index in [1.54, 1.807) is 12.1 Å². The molecule has 7 heteroatoms. The molecule has 0 atom stereocenters. The molecule has 7 nitrogen and oxygen atoms in total. The molecule has 20 heavy (non-hydrogen) atoms. The largest absolute Gasteiger partial charge is 0.497 e. The summed E-state index contributed by atoms with van der Waals surface area (Å²) in [5.41, 5.74) is 0.245. The summed E-state index contributed by atoms with van der Waals surface area (Å²) in [5, 5.41) is 2.14. The first-order valence-corrected chi connectivity index (χ1v) is 5.89. The second-order valence-electron chi connectivity index (χ2n) is 4.20. The fourth-order valence-electron chi connectivity index (χ4n) is 1.93. The van der Waals surface area contributed by atoms with E-state index in [0.717, 1.165) is 0 Å². The van der Waals surface area contributed by atoms with Crippen LogP contribution in [0.15, 0.2) is 18.2 Å². The van der Waals surface area contributed by atoms with Gasteiger partial charge in [-0.15, -0.1) is 0 Å². The van der Waals surface area contributed by atoms with E-state index in [2.05, 4.69) is 5.32 Å². The minimum absolute atomic E-state index is 0.162. The van der Waals surface area contributed by atoms with Crippen molar-refractivity contribution in [2.24, 2.45) is 0 Å². The van der Waals surface area contributed by atoms with Crippen molar-refractivity contribution < 1.29 is 23.9 Å². The van der Waals surface area contributed by atoms with Crippen LogP contribution in [0.2, 0.25) is 0 Å². The summed E-state index contributed by atoms with van der Waals surface area (Å²) < 4.78 is 10.2. The van der Waals surface area contributed by atoms with E-state index in [1.165, 1.54) is 25.2 Å². The molecule has 0 aliphatic carbocycles. The number of benzene rings is 1. The zero-order valence-electron chi connectivity index (χ0n) is 11.1. The molecule has 1 N–H and O–H groups in total. The number of hydrogen-bond donors (Lipinski definition) is 1. The molecule has 1 aromatic carbocycles. The number of imide groups is 1. The Morgan fingerprint density at radius 3 is 2.35 bits per heavy atom. The van der Waals surface area contributed by atoms with Crippen molar-refractivity contribution in [1.82, 2.24) is 10.2 Å². The van der Waals surface area contributed by atoms with Gasteiger partial charge in [-0.05, 0) is 18.2 Å². The summed E-state index contributed by atoms with van der Waals surface area (Å²) in [6.45, 7) is -0.324. The van der Waals surface area contributed by atoms with Gasteiger partial charge in [-0.3, -0.25) is 19.7 Å². The zero-order chi connectivity index (χ0) is 14.7. The standard InChI is InChI=1S/C13H14N2O5/c1-19-8-3-4-10(20-2)9(5-8)13(18)15-6-11(16)14-12(17)7-15/h3-5H,6-7H2,1-2H3,(H,14,16,17). The van der Waals surface area contributed by atoms with Crippen molar-refractivity contribution in [2.45, 2.75) is 0 Å². The Morgan fingerprint density at radius 2 is 1.80 bits per heavy atom. The van der Waals surface area contributed by atoms with Gasteiger partial charge < -0.3 is 14.4 Å². The Morgan fingerprint density at radius 1 is 1.15 bits per heavy atom. The minimum Gasteiger partial charge on any atom is -0.497 e. The molecule has 0 spiro atoms. The number of amides is 3. The van der Waals surface area contributed by atoms with Crippen LogP contribution >= 0.6 is 0 Å². The molecule has 1 aromatic rings. The number of rotatable bonds is 3. The number of hydrogen-bond acceptors (Lipinski definition) is 5. The molecule has 106 valence electrons. The van der Waals surface area contributed by atoms with Gasteiger partial charge in [0.2, 0.25) is 11.8 Å². The van der Waals surface area contributed by atoms with E-state index < -0.39 is 17.7 Å². The van der Waals surface area contributed by atoms with E-state index >= 15 is 0 Å². The van der Waals surface area contributed by atoms with Crippen molar-refractivity contribution in [3.63, 3.8) is 0 Å². The Balaban J connectivity index is 2.32. The van der Waals surface area contributed by atoms with Crippen LogP contribution in [0.1, 0.15) is 10.4 Å². The smallest absolute Gasteiger partial charge is 0.258 e. The number of piperazine rings is 1. The van der Waals surface area contributed by atoms with Crippen LogP contribution in [0.3, 0.4) is 0 Å². The SMILES string of the molecule is COc1ccc(OC)c(C(=O)N2CC(=O)NC(=O)C2)c1. The molecule has 1 aliphatic rings. The lowest BCUT2D eigenvalue weighted by atomic mass is 10.1. The van der Waals surface area contributed by atoms with E-state index in [0.29, 0.717) is 11.5 Å². The van der Waals surface area contributed by atoms with Crippen LogP contribution in [0.4, 0.5) is 0 Å². The summed E-state index contributed by atoms with van der Waals surface area (Å²) in [6, 6.07) is 4.76. The molecule has 1 saturated heterocycles. The molecular formula is C13H14N2O5. The van der Waals surface area contributed by atoms with Gasteiger partial charge in [0.1, 0.15) is 24.6 Å². The predicted molar refractivity (Wildman–Crippen MR) is 68.6 cm³/mol. The minimum atomic E-state index is -0.503. The third-order valence-electron chi connectivity index (χ3n) is 2.87. The van der Waals surface area contributed by atoms with Crippen LogP contribution < -0.4 is 14.8 Å². The van der Waals surface area contributed by atoms with Gasteiger partial charge in [0, 0.05) is 0 Å². The molecular weight excluding hydrogens is 264 g/mol. The first-order valence-electron chi connectivity index (χ1n) is 5.89. The molecule has 1 heterocycles. The first-order chi connectivity index (χ1) is 9.55. The Labute approximate surface area is 115 Å². The number of methoxy groups -OCH3 is 2. The van der Waals surface area contributed by atoms with Crippen molar-refractivity contribution in [3.05, 3.63) is 23.8 Å².